The van der Waals surface area contributed by atoms with E-state index in [9.17, 15) is 20.0 Å². The molecule has 1 saturated carbocycles. The number of phenols is 1. The number of amides is 1. The van der Waals surface area contributed by atoms with Gasteiger partial charge < -0.3 is 15.2 Å². The van der Waals surface area contributed by atoms with Gasteiger partial charge in [0.15, 0.2) is 6.10 Å². The number of carbonyl (C=O) groups excluding carboxylic acids is 2. The van der Waals surface area contributed by atoms with Crippen LogP contribution in [-0.2, 0) is 9.53 Å². The van der Waals surface area contributed by atoms with Gasteiger partial charge in [0.05, 0.1) is 6.07 Å². The normalized spacial score (nSPS) is 17.6. The molecule has 122 valence electrons. The number of nitrogens with one attached hydrogen (secondary N) is 1. The van der Waals surface area contributed by atoms with E-state index in [0.29, 0.717) is 12.8 Å². The van der Waals surface area contributed by atoms with Crippen LogP contribution >= 0.6 is 0 Å². The fourth-order valence-electron chi connectivity index (χ4n) is 2.68. The zero-order valence-electron chi connectivity index (χ0n) is 13.0. The average Bonchev–Trinajstić information content (AvgIpc) is 2.55. The van der Waals surface area contributed by atoms with Crippen molar-refractivity contribution >= 4 is 11.9 Å². The molecule has 0 heterocycles. The number of hydrogen-bond donors (Lipinski definition) is 2. The lowest BCUT2D eigenvalue weighted by atomic mass is 9.83. The maximum Gasteiger partial charge on any atom is 0.342 e. The summed E-state index contributed by atoms with van der Waals surface area (Å²) in [7, 11) is 0. The molecule has 6 heteroatoms. The van der Waals surface area contributed by atoms with Crippen LogP contribution in [0.2, 0.25) is 0 Å². The van der Waals surface area contributed by atoms with Gasteiger partial charge in [-0.25, -0.2) is 4.79 Å². The van der Waals surface area contributed by atoms with Crippen LogP contribution in [0.15, 0.2) is 24.3 Å². The number of nitrogens with zero attached hydrogens (tertiary/aromatic N) is 1. The number of nitriles is 1. The fraction of sp³-hybridized carbons (Fsp3) is 0.471. The van der Waals surface area contributed by atoms with Gasteiger partial charge in [-0.15, -0.1) is 0 Å². The van der Waals surface area contributed by atoms with Crippen LogP contribution in [0.1, 0.15) is 49.4 Å². The molecule has 1 aromatic rings. The van der Waals surface area contributed by atoms with Gasteiger partial charge in [0, 0.05) is 0 Å². The van der Waals surface area contributed by atoms with Gasteiger partial charge in [0.2, 0.25) is 0 Å². The van der Waals surface area contributed by atoms with Crippen molar-refractivity contribution in [2.24, 2.45) is 0 Å². The average molecular weight is 316 g/mol. The Labute approximate surface area is 135 Å². The second-order valence-corrected chi connectivity index (χ2v) is 5.81. The van der Waals surface area contributed by atoms with Crippen LogP contribution in [0, 0.1) is 11.3 Å². The van der Waals surface area contributed by atoms with E-state index in [0.717, 1.165) is 19.3 Å². The number of hydrogen-bond acceptors (Lipinski definition) is 5. The van der Waals surface area contributed by atoms with Crippen molar-refractivity contribution in [1.82, 2.24) is 5.32 Å². The van der Waals surface area contributed by atoms with E-state index in [-0.39, 0.29) is 11.3 Å². The number of aromatic hydroxyl groups is 1. The molecule has 1 aliphatic carbocycles. The highest BCUT2D eigenvalue weighted by atomic mass is 16.5. The first kappa shape index (κ1) is 16.8. The Kier molecular flexibility index (Phi) is 5.22. The number of ether oxygens (including phenoxy) is 1. The van der Waals surface area contributed by atoms with Crippen LogP contribution in [0.5, 0.6) is 5.75 Å². The minimum atomic E-state index is -1.05. The van der Waals surface area contributed by atoms with Gasteiger partial charge in [-0.2, -0.15) is 5.26 Å². The van der Waals surface area contributed by atoms with Crippen LogP contribution < -0.4 is 5.32 Å². The standard InChI is InChI=1S/C17H20N2O4/c1-12(23-16(22)13-7-3-4-8-14(13)20)15(21)19-17(11-18)9-5-2-6-10-17/h3-4,7-8,12,20H,2,5-6,9-10H2,1H3,(H,19,21). The molecule has 6 nitrogen and oxygen atoms in total. The molecule has 1 unspecified atom stereocenters. The third-order valence-electron chi connectivity index (χ3n) is 4.06. The maximum atomic E-state index is 12.2. The van der Waals surface area contributed by atoms with E-state index in [4.69, 9.17) is 4.74 Å². The first-order chi connectivity index (χ1) is 11.0. The molecule has 0 radical (unpaired) electrons. The molecule has 0 aliphatic heterocycles. The minimum Gasteiger partial charge on any atom is -0.507 e. The lowest BCUT2D eigenvalue weighted by Crippen LogP contribution is -2.52. The summed E-state index contributed by atoms with van der Waals surface area (Å²) in [5.41, 5.74) is -0.870. The Balaban J connectivity index is 1.99. The number of para-hydroxylation sites is 1. The molecule has 1 amide bonds. The summed E-state index contributed by atoms with van der Waals surface area (Å²) in [6.07, 6.45) is 3.00. The number of esters is 1. The zero-order valence-corrected chi connectivity index (χ0v) is 13.0. The third-order valence-corrected chi connectivity index (χ3v) is 4.06. The van der Waals surface area contributed by atoms with E-state index >= 15 is 0 Å². The van der Waals surface area contributed by atoms with Crippen molar-refractivity contribution in [2.75, 3.05) is 0 Å². The Morgan fingerprint density at radius 1 is 1.30 bits per heavy atom. The third kappa shape index (κ3) is 4.01. The Hall–Kier alpha value is -2.55. The Bertz CT molecular complexity index is 630. The van der Waals surface area contributed by atoms with Crippen molar-refractivity contribution in [2.45, 2.75) is 50.7 Å². The highest BCUT2D eigenvalue weighted by Gasteiger charge is 2.35. The van der Waals surface area contributed by atoms with Gasteiger partial charge in [-0.3, -0.25) is 4.79 Å². The summed E-state index contributed by atoms with van der Waals surface area (Å²) in [6.45, 7) is 1.45. The summed E-state index contributed by atoms with van der Waals surface area (Å²) in [4.78, 5) is 24.2. The lowest BCUT2D eigenvalue weighted by molar-refractivity contribution is -0.130. The van der Waals surface area contributed by atoms with Crippen LogP contribution in [0.3, 0.4) is 0 Å². The summed E-state index contributed by atoms with van der Waals surface area (Å²) in [6, 6.07) is 8.15. The Morgan fingerprint density at radius 3 is 2.57 bits per heavy atom. The van der Waals surface area contributed by atoms with E-state index in [2.05, 4.69) is 11.4 Å². The number of carbonyl (C=O) groups is 2. The summed E-state index contributed by atoms with van der Waals surface area (Å²) in [5.74, 6) is -1.48. The molecule has 0 bridgehead atoms. The number of phenolic OH excluding ortho intramolecular Hbond substituents is 1. The first-order valence-corrected chi connectivity index (χ1v) is 7.70. The molecule has 1 aromatic carbocycles. The molecule has 1 aliphatic rings. The van der Waals surface area contributed by atoms with Crippen LogP contribution in [0.4, 0.5) is 0 Å². The van der Waals surface area contributed by atoms with Crippen LogP contribution in [0.25, 0.3) is 0 Å². The van der Waals surface area contributed by atoms with Crippen LogP contribution in [-0.4, -0.2) is 28.6 Å². The largest absolute Gasteiger partial charge is 0.507 e. The summed E-state index contributed by atoms with van der Waals surface area (Å²) < 4.78 is 5.09. The number of rotatable bonds is 4. The molecule has 1 fully saturated rings. The van der Waals surface area contributed by atoms with E-state index in [1.807, 2.05) is 0 Å². The fourth-order valence-corrected chi connectivity index (χ4v) is 2.68. The minimum absolute atomic E-state index is 0.000173. The van der Waals surface area contributed by atoms with Gasteiger partial charge in [-0.1, -0.05) is 31.4 Å². The van der Waals surface area contributed by atoms with Crippen molar-refractivity contribution in [3.8, 4) is 11.8 Å². The molecule has 1 atom stereocenters. The highest BCUT2D eigenvalue weighted by Crippen LogP contribution is 2.27. The molecular weight excluding hydrogens is 296 g/mol. The molecule has 2 N–H and O–H groups in total. The predicted octanol–water partition coefficient (Wildman–Crippen LogP) is 2.28. The quantitative estimate of drug-likeness (QED) is 0.830. The van der Waals surface area contributed by atoms with Crippen molar-refractivity contribution in [3.05, 3.63) is 29.8 Å². The highest BCUT2D eigenvalue weighted by molar-refractivity contribution is 5.94. The van der Waals surface area contributed by atoms with Gasteiger partial charge in [-0.05, 0) is 31.9 Å². The molecule has 0 saturated heterocycles. The lowest BCUT2D eigenvalue weighted by Gasteiger charge is -2.32. The van der Waals surface area contributed by atoms with E-state index < -0.39 is 23.5 Å². The summed E-state index contributed by atoms with van der Waals surface area (Å²) in [5, 5.41) is 21.7. The van der Waals surface area contributed by atoms with Crippen molar-refractivity contribution in [1.29, 1.82) is 5.26 Å². The van der Waals surface area contributed by atoms with Gasteiger partial charge in [0.25, 0.3) is 5.91 Å². The molecular formula is C17H20N2O4. The molecule has 0 spiro atoms. The topological polar surface area (TPSA) is 99.4 Å². The second kappa shape index (κ2) is 7.14. The van der Waals surface area contributed by atoms with Crippen molar-refractivity contribution < 1.29 is 19.4 Å². The zero-order chi connectivity index (χ0) is 16.9. The summed E-state index contributed by atoms with van der Waals surface area (Å²) >= 11 is 0. The van der Waals surface area contributed by atoms with E-state index in [1.54, 1.807) is 12.1 Å². The first-order valence-electron chi connectivity index (χ1n) is 7.70. The van der Waals surface area contributed by atoms with Gasteiger partial charge in [0.1, 0.15) is 16.9 Å². The van der Waals surface area contributed by atoms with Crippen molar-refractivity contribution in [3.63, 3.8) is 0 Å². The molecule has 23 heavy (non-hydrogen) atoms. The maximum absolute atomic E-state index is 12.2. The Morgan fingerprint density at radius 2 is 1.96 bits per heavy atom. The molecule has 2 rings (SSSR count). The number of benzene rings is 1. The monoisotopic (exact) mass is 316 g/mol. The smallest absolute Gasteiger partial charge is 0.342 e. The van der Waals surface area contributed by atoms with Gasteiger partial charge >= 0.3 is 5.97 Å². The second-order valence-electron chi connectivity index (χ2n) is 5.81. The SMILES string of the molecule is CC(OC(=O)c1ccccc1O)C(=O)NC1(C#N)CCCCC1. The predicted molar refractivity (Wildman–Crippen MR) is 82.6 cm³/mol. The molecule has 0 aromatic heterocycles. The van der Waals surface area contributed by atoms with E-state index in [1.165, 1.54) is 19.1 Å².